The van der Waals surface area contributed by atoms with Crippen LogP contribution in [-0.4, -0.2) is 41.0 Å². The Kier molecular flexibility index (Phi) is 4.63. The third kappa shape index (κ3) is 2.93. The lowest BCUT2D eigenvalue weighted by molar-refractivity contribution is -0.135. The van der Waals surface area contributed by atoms with Gasteiger partial charge in [0, 0.05) is 6.54 Å². The van der Waals surface area contributed by atoms with Gasteiger partial charge in [-0.1, -0.05) is 44.0 Å². The molecule has 1 heterocycles. The van der Waals surface area contributed by atoms with Gasteiger partial charge in [0.1, 0.15) is 5.54 Å². The molecule has 0 unspecified atom stereocenters. The topological polar surface area (TPSA) is 52.6 Å². The number of rotatable bonds is 4. The predicted octanol–water partition coefficient (Wildman–Crippen LogP) is 2.89. The molecule has 0 aromatic heterocycles. The molecule has 1 spiro atoms. The largest absolute Gasteiger partial charge is 0.326 e. The quantitative estimate of drug-likeness (QED) is 0.864. The first-order valence-corrected chi connectivity index (χ1v) is 8.81. The van der Waals surface area contributed by atoms with Crippen LogP contribution in [0.2, 0.25) is 0 Å². The Bertz CT molecular complexity index is 645. The van der Waals surface area contributed by atoms with Crippen LogP contribution in [0.3, 0.4) is 0 Å². The normalized spacial score (nSPS) is 27.2. The van der Waals surface area contributed by atoms with Crippen LogP contribution >= 0.6 is 0 Å². The summed E-state index contributed by atoms with van der Waals surface area (Å²) in [4.78, 5) is 28.8. The molecule has 24 heavy (non-hydrogen) atoms. The first kappa shape index (κ1) is 17.0. The van der Waals surface area contributed by atoms with E-state index in [-0.39, 0.29) is 17.9 Å². The molecular formula is C19H27N3O2. The zero-order valence-corrected chi connectivity index (χ0v) is 14.8. The Morgan fingerprint density at radius 2 is 2.04 bits per heavy atom. The Balaban J connectivity index is 1.70. The second-order valence-electron chi connectivity index (χ2n) is 7.36. The van der Waals surface area contributed by atoms with Gasteiger partial charge in [0.15, 0.2) is 0 Å². The lowest BCUT2D eigenvalue weighted by Crippen LogP contribution is -2.54. The van der Waals surface area contributed by atoms with Gasteiger partial charge in [-0.3, -0.25) is 9.69 Å². The number of urea groups is 1. The number of nitrogens with one attached hydrogen (secondary N) is 1. The number of aryl methyl sites for hydroxylation is 1. The second kappa shape index (κ2) is 6.55. The molecule has 1 aliphatic heterocycles. The summed E-state index contributed by atoms with van der Waals surface area (Å²) in [5, 5.41) is 3.01. The molecule has 1 aromatic rings. The number of amides is 3. The lowest BCUT2D eigenvalue weighted by Gasteiger charge is -2.37. The van der Waals surface area contributed by atoms with Crippen molar-refractivity contribution in [1.29, 1.82) is 0 Å². The van der Waals surface area contributed by atoms with Crippen molar-refractivity contribution in [3.8, 4) is 0 Å². The summed E-state index contributed by atoms with van der Waals surface area (Å²) in [5.41, 5.74) is 1.77. The van der Waals surface area contributed by atoms with E-state index < -0.39 is 5.54 Å². The van der Waals surface area contributed by atoms with E-state index in [1.165, 1.54) is 16.0 Å². The van der Waals surface area contributed by atoms with Gasteiger partial charge >= 0.3 is 6.03 Å². The summed E-state index contributed by atoms with van der Waals surface area (Å²) >= 11 is 0. The van der Waals surface area contributed by atoms with Crippen molar-refractivity contribution in [1.82, 2.24) is 15.1 Å². The molecule has 1 aliphatic carbocycles. The van der Waals surface area contributed by atoms with Crippen LogP contribution in [0.1, 0.15) is 43.7 Å². The van der Waals surface area contributed by atoms with Crippen LogP contribution < -0.4 is 5.32 Å². The van der Waals surface area contributed by atoms with Gasteiger partial charge in [0.2, 0.25) is 0 Å². The van der Waals surface area contributed by atoms with Gasteiger partial charge < -0.3 is 5.32 Å². The Morgan fingerprint density at radius 3 is 2.75 bits per heavy atom. The van der Waals surface area contributed by atoms with E-state index in [0.29, 0.717) is 13.2 Å². The predicted molar refractivity (Wildman–Crippen MR) is 93.3 cm³/mol. The first-order valence-electron chi connectivity index (χ1n) is 8.81. The molecule has 130 valence electrons. The maximum atomic E-state index is 13.0. The van der Waals surface area contributed by atoms with Gasteiger partial charge in [-0.25, -0.2) is 9.69 Å². The number of carbonyl (C=O) groups excluding carboxylic acids is 2. The highest BCUT2D eigenvalue weighted by Gasteiger charge is 2.54. The summed E-state index contributed by atoms with van der Waals surface area (Å²) in [6.45, 7) is 5.20. The minimum atomic E-state index is -0.668. The van der Waals surface area contributed by atoms with E-state index in [2.05, 4.69) is 31.3 Å². The van der Waals surface area contributed by atoms with E-state index in [1.807, 2.05) is 24.1 Å². The third-order valence-electron chi connectivity index (χ3n) is 5.59. The van der Waals surface area contributed by atoms with Crippen LogP contribution in [0.4, 0.5) is 4.79 Å². The Hall–Kier alpha value is -1.88. The van der Waals surface area contributed by atoms with Gasteiger partial charge in [-0.15, -0.1) is 0 Å². The molecular weight excluding hydrogens is 302 g/mol. The van der Waals surface area contributed by atoms with Crippen LogP contribution in [0.15, 0.2) is 24.3 Å². The number of imide groups is 1. The molecule has 1 N–H and O–H groups in total. The molecule has 0 bridgehead atoms. The van der Waals surface area contributed by atoms with Gasteiger partial charge in [0.25, 0.3) is 5.91 Å². The maximum absolute atomic E-state index is 13.0. The molecule has 1 saturated heterocycles. The van der Waals surface area contributed by atoms with E-state index in [9.17, 15) is 9.59 Å². The number of hydrogen-bond donors (Lipinski definition) is 1. The summed E-state index contributed by atoms with van der Waals surface area (Å²) in [6.07, 6.45) is 3.90. The van der Waals surface area contributed by atoms with Gasteiger partial charge in [-0.05, 0) is 43.9 Å². The molecule has 5 nitrogen and oxygen atoms in total. The fraction of sp³-hybridized carbons (Fsp3) is 0.579. The zero-order valence-electron chi connectivity index (χ0n) is 14.8. The highest BCUT2D eigenvalue weighted by molar-refractivity contribution is 6.07. The molecule has 3 amide bonds. The summed E-state index contributed by atoms with van der Waals surface area (Å²) in [5.74, 6) is 0.158. The lowest BCUT2D eigenvalue weighted by atomic mass is 9.73. The number of hydrogen-bond acceptors (Lipinski definition) is 3. The van der Waals surface area contributed by atoms with Crippen LogP contribution in [0, 0.1) is 12.8 Å². The van der Waals surface area contributed by atoms with E-state index in [0.717, 1.165) is 25.7 Å². The smallest absolute Gasteiger partial charge is 0.323 e. The molecule has 1 saturated carbocycles. The van der Waals surface area contributed by atoms with Crippen molar-refractivity contribution in [2.45, 2.75) is 51.6 Å². The average molecular weight is 329 g/mol. The highest BCUT2D eigenvalue weighted by Crippen LogP contribution is 2.38. The van der Waals surface area contributed by atoms with E-state index in [1.54, 1.807) is 0 Å². The first-order chi connectivity index (χ1) is 11.4. The number of benzene rings is 1. The summed E-state index contributed by atoms with van der Waals surface area (Å²) in [7, 11) is 1.95. The molecule has 5 heteroatoms. The molecule has 3 rings (SSSR count). The maximum Gasteiger partial charge on any atom is 0.326 e. The standard InChI is InChI=1S/C19H27N3O2/c1-14-8-4-5-10-16(14)12-21(3)13-22-17(23)19(20-18(22)24)11-7-6-9-15(19)2/h4-5,8,10,15H,6-7,9,11-13H2,1-3H3,(H,20,24)/t15-,19-/m1/s1. The third-order valence-corrected chi connectivity index (χ3v) is 5.59. The minimum absolute atomic E-state index is 0.0451. The van der Waals surface area contributed by atoms with E-state index >= 15 is 0 Å². The fourth-order valence-electron chi connectivity index (χ4n) is 3.99. The zero-order chi connectivity index (χ0) is 17.3. The molecule has 2 fully saturated rings. The van der Waals surface area contributed by atoms with Crippen molar-refractivity contribution in [2.75, 3.05) is 13.7 Å². The minimum Gasteiger partial charge on any atom is -0.323 e. The summed E-state index contributed by atoms with van der Waals surface area (Å²) in [6, 6.07) is 7.95. The van der Waals surface area contributed by atoms with Gasteiger partial charge in [-0.2, -0.15) is 0 Å². The SMILES string of the molecule is Cc1ccccc1CN(C)CN1C(=O)N[C@@]2(CCCC[C@H]2C)C1=O. The molecule has 0 radical (unpaired) electrons. The van der Waals surface area contributed by atoms with Crippen LogP contribution in [-0.2, 0) is 11.3 Å². The average Bonchev–Trinajstić information content (AvgIpc) is 2.78. The molecule has 2 atom stereocenters. The second-order valence-corrected chi connectivity index (χ2v) is 7.36. The van der Waals surface area contributed by atoms with Crippen molar-refractivity contribution >= 4 is 11.9 Å². The monoisotopic (exact) mass is 329 g/mol. The fourth-order valence-corrected chi connectivity index (χ4v) is 3.99. The number of nitrogens with zero attached hydrogens (tertiary/aromatic N) is 2. The van der Waals surface area contributed by atoms with E-state index in [4.69, 9.17) is 0 Å². The Labute approximate surface area is 144 Å². The van der Waals surface area contributed by atoms with Crippen molar-refractivity contribution in [2.24, 2.45) is 5.92 Å². The van der Waals surface area contributed by atoms with Crippen molar-refractivity contribution in [3.63, 3.8) is 0 Å². The van der Waals surface area contributed by atoms with Crippen molar-refractivity contribution < 1.29 is 9.59 Å². The van der Waals surface area contributed by atoms with Crippen LogP contribution in [0.5, 0.6) is 0 Å². The van der Waals surface area contributed by atoms with Crippen molar-refractivity contribution in [3.05, 3.63) is 35.4 Å². The van der Waals surface area contributed by atoms with Gasteiger partial charge in [0.05, 0.1) is 6.67 Å². The summed E-state index contributed by atoms with van der Waals surface area (Å²) < 4.78 is 0. The highest BCUT2D eigenvalue weighted by atomic mass is 16.2. The molecule has 1 aromatic carbocycles. The van der Waals surface area contributed by atoms with Crippen LogP contribution in [0.25, 0.3) is 0 Å². The molecule has 2 aliphatic rings. The number of carbonyl (C=O) groups is 2. The Morgan fingerprint density at radius 1 is 1.29 bits per heavy atom.